The van der Waals surface area contributed by atoms with E-state index in [4.69, 9.17) is 4.74 Å². The molecule has 1 heterocycles. The molecule has 0 saturated carbocycles. The van der Waals surface area contributed by atoms with Crippen LogP contribution in [0.3, 0.4) is 0 Å². The van der Waals surface area contributed by atoms with Crippen molar-refractivity contribution in [3.05, 3.63) is 29.3 Å². The van der Waals surface area contributed by atoms with Crippen LogP contribution in [0, 0.1) is 6.92 Å². The lowest BCUT2D eigenvalue weighted by molar-refractivity contribution is 0.114. The highest BCUT2D eigenvalue weighted by Gasteiger charge is 2.18. The molecule has 2 rings (SSSR count). The number of ether oxygens (including phenoxy) is 1. The van der Waals surface area contributed by atoms with Crippen molar-refractivity contribution in [2.75, 3.05) is 39.8 Å². The molecule has 1 fully saturated rings. The van der Waals surface area contributed by atoms with Crippen LogP contribution in [0.4, 0.5) is 0 Å². The molecule has 0 bridgehead atoms. The lowest BCUT2D eigenvalue weighted by Gasteiger charge is -2.24. The molecule has 1 aliphatic heterocycles. The van der Waals surface area contributed by atoms with Gasteiger partial charge in [-0.25, -0.2) is 0 Å². The number of β-amino-alcohol motifs (C(OH)–C–C–N with tert-alkyl or cyclic N) is 1. The van der Waals surface area contributed by atoms with Crippen LogP contribution in [0.1, 0.15) is 23.7 Å². The fraction of sp³-hybridized carbons (Fsp3) is 0.600. The van der Waals surface area contributed by atoms with Crippen molar-refractivity contribution in [3.63, 3.8) is 0 Å². The summed E-state index contributed by atoms with van der Waals surface area (Å²) < 4.78 is 5.34. The van der Waals surface area contributed by atoms with Crippen molar-refractivity contribution in [2.45, 2.75) is 19.4 Å². The van der Waals surface area contributed by atoms with Crippen LogP contribution in [0.25, 0.3) is 0 Å². The molecule has 106 valence electrons. The normalized spacial score (nSPS) is 18.9. The summed E-state index contributed by atoms with van der Waals surface area (Å²) in [6, 6.07) is 5.95. The number of nitrogens with zero attached hydrogens (tertiary/aromatic N) is 1. The Bertz CT molecular complexity index is 401. The molecule has 2 N–H and O–H groups in total. The Balaban J connectivity index is 2.05. The maximum absolute atomic E-state index is 10.5. The Morgan fingerprint density at radius 3 is 3.00 bits per heavy atom. The molecule has 1 unspecified atom stereocenters. The molecule has 1 aromatic carbocycles. The molecule has 0 radical (unpaired) electrons. The summed E-state index contributed by atoms with van der Waals surface area (Å²) in [7, 11) is 1.65. The highest BCUT2D eigenvalue weighted by molar-refractivity contribution is 5.38. The number of hydrogen-bond acceptors (Lipinski definition) is 4. The van der Waals surface area contributed by atoms with Gasteiger partial charge in [-0.2, -0.15) is 0 Å². The van der Waals surface area contributed by atoms with Gasteiger partial charge in [-0.15, -0.1) is 0 Å². The minimum absolute atomic E-state index is 0.493. The van der Waals surface area contributed by atoms with Crippen LogP contribution in [-0.4, -0.2) is 49.8 Å². The summed E-state index contributed by atoms with van der Waals surface area (Å²) in [6.45, 7) is 6.80. The van der Waals surface area contributed by atoms with E-state index in [2.05, 4.69) is 10.2 Å². The predicted molar refractivity (Wildman–Crippen MR) is 76.6 cm³/mol. The topological polar surface area (TPSA) is 44.7 Å². The van der Waals surface area contributed by atoms with Crippen LogP contribution in [0.5, 0.6) is 5.75 Å². The van der Waals surface area contributed by atoms with Crippen molar-refractivity contribution in [1.82, 2.24) is 10.2 Å². The fourth-order valence-corrected chi connectivity index (χ4v) is 2.54. The van der Waals surface area contributed by atoms with Crippen LogP contribution in [0.15, 0.2) is 18.2 Å². The average Bonchev–Trinajstić information content (AvgIpc) is 2.67. The zero-order chi connectivity index (χ0) is 13.7. The lowest BCUT2D eigenvalue weighted by atomic mass is 10.0. The first-order valence-electron chi connectivity index (χ1n) is 6.96. The Kier molecular flexibility index (Phi) is 5.19. The largest absolute Gasteiger partial charge is 0.496 e. The Morgan fingerprint density at radius 1 is 1.37 bits per heavy atom. The molecule has 0 spiro atoms. The quantitative estimate of drug-likeness (QED) is 0.861. The lowest BCUT2D eigenvalue weighted by Crippen LogP contribution is -2.32. The van der Waals surface area contributed by atoms with Crippen molar-refractivity contribution in [1.29, 1.82) is 0 Å². The van der Waals surface area contributed by atoms with E-state index in [0.717, 1.165) is 49.5 Å². The zero-order valence-corrected chi connectivity index (χ0v) is 11.9. The number of aliphatic hydroxyl groups excluding tert-OH is 1. The van der Waals surface area contributed by atoms with Gasteiger partial charge in [0, 0.05) is 25.2 Å². The molecule has 4 heteroatoms. The van der Waals surface area contributed by atoms with E-state index in [1.165, 1.54) is 0 Å². The first-order valence-corrected chi connectivity index (χ1v) is 6.96. The molecule has 4 nitrogen and oxygen atoms in total. The van der Waals surface area contributed by atoms with Gasteiger partial charge < -0.3 is 15.2 Å². The monoisotopic (exact) mass is 264 g/mol. The number of methoxy groups -OCH3 is 1. The molecule has 0 amide bonds. The van der Waals surface area contributed by atoms with E-state index in [-0.39, 0.29) is 0 Å². The molecule has 1 aromatic rings. The average molecular weight is 264 g/mol. The minimum atomic E-state index is -0.493. The fourth-order valence-electron chi connectivity index (χ4n) is 2.54. The summed E-state index contributed by atoms with van der Waals surface area (Å²) in [4.78, 5) is 2.31. The third-order valence-electron chi connectivity index (χ3n) is 3.61. The van der Waals surface area contributed by atoms with Gasteiger partial charge in [0.1, 0.15) is 5.75 Å². The summed E-state index contributed by atoms with van der Waals surface area (Å²) in [6.07, 6.45) is 0.644. The summed E-state index contributed by atoms with van der Waals surface area (Å²) in [5, 5.41) is 13.8. The van der Waals surface area contributed by atoms with E-state index in [0.29, 0.717) is 6.54 Å². The third kappa shape index (κ3) is 3.93. The second-order valence-corrected chi connectivity index (χ2v) is 5.17. The number of hydrogen-bond donors (Lipinski definition) is 2. The molecule has 0 aromatic heterocycles. The molecule has 1 aliphatic rings. The first-order chi connectivity index (χ1) is 9.20. The molecular weight excluding hydrogens is 240 g/mol. The van der Waals surface area contributed by atoms with Gasteiger partial charge in [0.2, 0.25) is 0 Å². The Hall–Kier alpha value is -1.10. The molecular formula is C15H24N2O2. The van der Waals surface area contributed by atoms with Crippen LogP contribution >= 0.6 is 0 Å². The molecule has 1 atom stereocenters. The van der Waals surface area contributed by atoms with Crippen molar-refractivity contribution < 1.29 is 9.84 Å². The van der Waals surface area contributed by atoms with Crippen molar-refractivity contribution in [2.24, 2.45) is 0 Å². The molecule has 1 saturated heterocycles. The van der Waals surface area contributed by atoms with Crippen LogP contribution in [-0.2, 0) is 0 Å². The smallest absolute Gasteiger partial charge is 0.124 e. The highest BCUT2D eigenvalue weighted by Crippen LogP contribution is 2.26. The highest BCUT2D eigenvalue weighted by atomic mass is 16.5. The zero-order valence-electron chi connectivity index (χ0n) is 11.9. The van der Waals surface area contributed by atoms with Gasteiger partial charge in [0.25, 0.3) is 0 Å². The van der Waals surface area contributed by atoms with Gasteiger partial charge in [-0.1, -0.05) is 11.6 Å². The van der Waals surface area contributed by atoms with E-state index >= 15 is 0 Å². The van der Waals surface area contributed by atoms with Crippen LogP contribution in [0.2, 0.25) is 0 Å². The van der Waals surface area contributed by atoms with E-state index in [1.807, 2.05) is 25.1 Å². The van der Waals surface area contributed by atoms with Crippen molar-refractivity contribution in [3.8, 4) is 5.75 Å². The Morgan fingerprint density at radius 2 is 2.21 bits per heavy atom. The van der Waals surface area contributed by atoms with Gasteiger partial charge in [-0.05, 0) is 38.6 Å². The first kappa shape index (κ1) is 14.3. The van der Waals surface area contributed by atoms with E-state index in [1.54, 1.807) is 7.11 Å². The SMILES string of the molecule is COc1ccc(C)cc1C(O)CN1CCCNCC1. The summed E-state index contributed by atoms with van der Waals surface area (Å²) in [5.74, 6) is 0.769. The maximum atomic E-state index is 10.5. The van der Waals surface area contributed by atoms with Gasteiger partial charge in [-0.3, -0.25) is 4.90 Å². The molecule has 19 heavy (non-hydrogen) atoms. The minimum Gasteiger partial charge on any atom is -0.496 e. The molecule has 0 aliphatic carbocycles. The number of nitrogens with one attached hydrogen (secondary N) is 1. The van der Waals surface area contributed by atoms with E-state index < -0.39 is 6.10 Å². The number of rotatable bonds is 4. The maximum Gasteiger partial charge on any atom is 0.124 e. The van der Waals surface area contributed by atoms with Gasteiger partial charge in [0.15, 0.2) is 0 Å². The predicted octanol–water partition coefficient (Wildman–Crippen LogP) is 1.33. The standard InChI is InChI=1S/C15H24N2O2/c1-12-4-5-15(19-2)13(10-12)14(18)11-17-8-3-6-16-7-9-17/h4-5,10,14,16,18H,3,6-9,11H2,1-2H3. The van der Waals surface area contributed by atoms with Gasteiger partial charge >= 0.3 is 0 Å². The second-order valence-electron chi connectivity index (χ2n) is 5.17. The number of aliphatic hydroxyl groups is 1. The number of benzene rings is 1. The summed E-state index contributed by atoms with van der Waals surface area (Å²) in [5.41, 5.74) is 2.03. The van der Waals surface area contributed by atoms with Crippen LogP contribution < -0.4 is 10.1 Å². The van der Waals surface area contributed by atoms with Gasteiger partial charge in [0.05, 0.1) is 13.2 Å². The third-order valence-corrected chi connectivity index (χ3v) is 3.61. The van der Waals surface area contributed by atoms with E-state index in [9.17, 15) is 5.11 Å². The van der Waals surface area contributed by atoms with Crippen molar-refractivity contribution >= 4 is 0 Å². The second kappa shape index (κ2) is 6.89. The Labute approximate surface area is 115 Å². The summed E-state index contributed by atoms with van der Waals surface area (Å²) >= 11 is 0. The number of aryl methyl sites for hydroxylation is 1.